The number of aromatic amines is 1. The van der Waals surface area contributed by atoms with Crippen LogP contribution in [-0.2, 0) is 16.1 Å². The maximum Gasteiger partial charge on any atom is 0.414 e. The van der Waals surface area contributed by atoms with E-state index in [-0.39, 0.29) is 6.61 Å². The lowest BCUT2D eigenvalue weighted by Crippen LogP contribution is -2.26. The molecule has 0 aliphatic rings. The van der Waals surface area contributed by atoms with E-state index in [0.717, 1.165) is 22.0 Å². The molecule has 0 fully saturated rings. The standard InChI is InChI=1S/C27H25N3O4/c1-30(27(31)34-18-19-6-4-3-5-7-19)21-10-8-20(9-11-21)26-24(17-28)23-13-12-22(16-25(23)29-26)33-15-14-32-2/h3-13,16,29H,14-15,18H2,1-2H3. The number of anilines is 1. The van der Waals surface area contributed by atoms with E-state index in [9.17, 15) is 10.1 Å². The summed E-state index contributed by atoms with van der Waals surface area (Å²) >= 11 is 0. The average Bonchev–Trinajstić information content (AvgIpc) is 3.25. The summed E-state index contributed by atoms with van der Waals surface area (Å²) in [4.78, 5) is 17.2. The molecule has 0 radical (unpaired) electrons. The van der Waals surface area contributed by atoms with Crippen LogP contribution in [0, 0.1) is 11.3 Å². The predicted molar refractivity (Wildman–Crippen MR) is 131 cm³/mol. The highest BCUT2D eigenvalue weighted by molar-refractivity contribution is 5.94. The smallest absolute Gasteiger partial charge is 0.414 e. The molecule has 0 spiro atoms. The van der Waals surface area contributed by atoms with E-state index in [2.05, 4.69) is 11.1 Å². The minimum atomic E-state index is -0.444. The summed E-state index contributed by atoms with van der Waals surface area (Å²) < 4.78 is 16.1. The molecule has 0 aliphatic heterocycles. The van der Waals surface area contributed by atoms with Crippen molar-refractivity contribution in [3.05, 3.63) is 83.9 Å². The molecule has 0 unspecified atom stereocenters. The van der Waals surface area contributed by atoms with Gasteiger partial charge in [-0.25, -0.2) is 4.79 Å². The Kier molecular flexibility index (Phi) is 7.11. The van der Waals surface area contributed by atoms with Gasteiger partial charge >= 0.3 is 6.09 Å². The molecule has 3 aromatic carbocycles. The quantitative estimate of drug-likeness (QED) is 0.354. The number of nitrogens with one attached hydrogen (secondary N) is 1. The minimum absolute atomic E-state index is 0.208. The second-order valence-corrected chi connectivity index (χ2v) is 7.68. The zero-order chi connectivity index (χ0) is 23.9. The number of ether oxygens (including phenoxy) is 3. The van der Waals surface area contributed by atoms with Gasteiger partial charge in [-0.3, -0.25) is 4.90 Å². The molecule has 1 amide bonds. The maximum absolute atomic E-state index is 12.5. The fraction of sp³-hybridized carbons (Fsp3) is 0.185. The number of benzene rings is 3. The zero-order valence-electron chi connectivity index (χ0n) is 19.1. The SMILES string of the molecule is COCCOc1ccc2c(C#N)c(-c3ccc(N(C)C(=O)OCc4ccccc4)cc3)[nH]c2c1. The molecule has 4 rings (SSSR count). The monoisotopic (exact) mass is 455 g/mol. The fourth-order valence-corrected chi connectivity index (χ4v) is 3.62. The Hall–Kier alpha value is -4.28. The number of methoxy groups -OCH3 is 1. The molecule has 1 aromatic heterocycles. The summed E-state index contributed by atoms with van der Waals surface area (Å²) in [5.41, 5.74) is 4.53. The summed E-state index contributed by atoms with van der Waals surface area (Å²) in [6.07, 6.45) is -0.444. The first-order chi connectivity index (χ1) is 16.6. The lowest BCUT2D eigenvalue weighted by atomic mass is 10.1. The van der Waals surface area contributed by atoms with Crippen LogP contribution in [-0.4, -0.2) is 38.4 Å². The zero-order valence-corrected chi connectivity index (χ0v) is 19.1. The highest BCUT2D eigenvalue weighted by atomic mass is 16.6. The Labute approximate surface area is 198 Å². The minimum Gasteiger partial charge on any atom is -0.491 e. The van der Waals surface area contributed by atoms with Crippen LogP contribution in [0.25, 0.3) is 22.2 Å². The van der Waals surface area contributed by atoms with Gasteiger partial charge < -0.3 is 19.2 Å². The van der Waals surface area contributed by atoms with Crippen molar-refractivity contribution in [3.63, 3.8) is 0 Å². The molecule has 7 heteroatoms. The van der Waals surface area contributed by atoms with Crippen LogP contribution in [0.4, 0.5) is 10.5 Å². The number of hydrogen-bond acceptors (Lipinski definition) is 5. The van der Waals surface area contributed by atoms with Crippen molar-refractivity contribution in [2.45, 2.75) is 6.61 Å². The Morgan fingerprint density at radius 1 is 1.03 bits per heavy atom. The molecule has 172 valence electrons. The molecular formula is C27H25N3O4. The van der Waals surface area contributed by atoms with Crippen LogP contribution in [0.5, 0.6) is 5.75 Å². The normalized spacial score (nSPS) is 10.6. The predicted octanol–water partition coefficient (Wildman–Crippen LogP) is 5.50. The lowest BCUT2D eigenvalue weighted by Gasteiger charge is -2.17. The topological polar surface area (TPSA) is 87.6 Å². The fourth-order valence-electron chi connectivity index (χ4n) is 3.62. The summed E-state index contributed by atoms with van der Waals surface area (Å²) in [5, 5.41) is 10.6. The van der Waals surface area contributed by atoms with Gasteiger partial charge in [0, 0.05) is 31.3 Å². The maximum atomic E-state index is 12.5. The van der Waals surface area contributed by atoms with Gasteiger partial charge in [-0.1, -0.05) is 42.5 Å². The van der Waals surface area contributed by atoms with E-state index in [1.165, 1.54) is 4.90 Å². The second-order valence-electron chi connectivity index (χ2n) is 7.68. The van der Waals surface area contributed by atoms with Crippen LogP contribution < -0.4 is 9.64 Å². The van der Waals surface area contributed by atoms with Gasteiger partial charge in [0.15, 0.2) is 0 Å². The van der Waals surface area contributed by atoms with Crippen molar-refractivity contribution in [2.75, 3.05) is 32.3 Å². The summed E-state index contributed by atoms with van der Waals surface area (Å²) in [5.74, 6) is 0.702. The van der Waals surface area contributed by atoms with Gasteiger partial charge in [0.2, 0.25) is 0 Å². The van der Waals surface area contributed by atoms with Crippen molar-refractivity contribution in [2.24, 2.45) is 0 Å². The highest BCUT2D eigenvalue weighted by Gasteiger charge is 2.16. The molecule has 7 nitrogen and oxygen atoms in total. The van der Waals surface area contributed by atoms with Crippen LogP contribution >= 0.6 is 0 Å². The Morgan fingerprint density at radius 2 is 1.79 bits per heavy atom. The summed E-state index contributed by atoms with van der Waals surface area (Å²) in [7, 11) is 3.29. The van der Waals surface area contributed by atoms with Gasteiger partial charge in [0.1, 0.15) is 25.0 Å². The number of hydrogen-bond donors (Lipinski definition) is 1. The molecule has 4 aromatic rings. The van der Waals surface area contributed by atoms with Crippen molar-refractivity contribution >= 4 is 22.7 Å². The Bertz CT molecular complexity index is 1310. The average molecular weight is 456 g/mol. The molecule has 1 heterocycles. The van der Waals surface area contributed by atoms with Gasteiger partial charge in [-0.2, -0.15) is 5.26 Å². The first-order valence-corrected chi connectivity index (χ1v) is 10.8. The van der Waals surface area contributed by atoms with Crippen molar-refractivity contribution in [1.29, 1.82) is 5.26 Å². The Morgan fingerprint density at radius 3 is 2.50 bits per heavy atom. The third-order valence-electron chi connectivity index (χ3n) is 5.46. The highest BCUT2D eigenvalue weighted by Crippen LogP contribution is 2.32. The van der Waals surface area contributed by atoms with E-state index in [1.54, 1.807) is 14.2 Å². The number of carbonyl (C=O) groups is 1. The second kappa shape index (κ2) is 10.6. The molecule has 0 saturated heterocycles. The van der Waals surface area contributed by atoms with Gasteiger partial charge in [0.25, 0.3) is 0 Å². The number of amides is 1. The molecule has 1 N–H and O–H groups in total. The van der Waals surface area contributed by atoms with Crippen molar-refractivity contribution < 1.29 is 19.0 Å². The first-order valence-electron chi connectivity index (χ1n) is 10.8. The number of carbonyl (C=O) groups excluding carboxylic acids is 1. The van der Waals surface area contributed by atoms with Crippen LogP contribution in [0.3, 0.4) is 0 Å². The summed E-state index contributed by atoms with van der Waals surface area (Å²) in [6.45, 7) is 1.15. The number of aromatic nitrogens is 1. The third kappa shape index (κ3) is 5.03. The van der Waals surface area contributed by atoms with E-state index < -0.39 is 6.09 Å². The number of H-pyrrole nitrogens is 1. The van der Waals surface area contributed by atoms with Crippen LogP contribution in [0.15, 0.2) is 72.8 Å². The molecule has 34 heavy (non-hydrogen) atoms. The number of nitriles is 1. The molecule has 0 saturated carbocycles. The van der Waals surface area contributed by atoms with E-state index in [0.29, 0.717) is 35.9 Å². The number of rotatable bonds is 8. The van der Waals surface area contributed by atoms with Crippen molar-refractivity contribution in [1.82, 2.24) is 4.98 Å². The lowest BCUT2D eigenvalue weighted by molar-refractivity contribution is 0.146. The largest absolute Gasteiger partial charge is 0.491 e. The molecule has 0 bridgehead atoms. The van der Waals surface area contributed by atoms with Crippen LogP contribution in [0.2, 0.25) is 0 Å². The Balaban J connectivity index is 1.50. The van der Waals surface area contributed by atoms with Crippen LogP contribution in [0.1, 0.15) is 11.1 Å². The van der Waals surface area contributed by atoms with E-state index >= 15 is 0 Å². The molecular weight excluding hydrogens is 430 g/mol. The van der Waals surface area contributed by atoms with Gasteiger partial charge in [-0.05, 0) is 35.4 Å². The third-order valence-corrected chi connectivity index (χ3v) is 5.46. The number of nitrogens with zero attached hydrogens (tertiary/aromatic N) is 2. The molecule has 0 atom stereocenters. The van der Waals surface area contributed by atoms with Crippen molar-refractivity contribution in [3.8, 4) is 23.1 Å². The first kappa shape index (κ1) is 22.9. The van der Waals surface area contributed by atoms with E-state index in [1.807, 2.05) is 72.8 Å². The van der Waals surface area contributed by atoms with Gasteiger partial charge in [0.05, 0.1) is 23.4 Å². The summed E-state index contributed by atoms with van der Waals surface area (Å²) in [6, 6.07) is 24.8. The molecule has 0 aliphatic carbocycles. The van der Waals surface area contributed by atoms with E-state index in [4.69, 9.17) is 14.2 Å². The van der Waals surface area contributed by atoms with Gasteiger partial charge in [-0.15, -0.1) is 0 Å². The number of fused-ring (bicyclic) bond motifs is 1.